The molecular formula is C12H15N5O3. The van der Waals surface area contributed by atoms with Crippen molar-refractivity contribution >= 4 is 17.5 Å². The van der Waals surface area contributed by atoms with E-state index < -0.39 is 17.9 Å². The molecule has 2 amide bonds. The summed E-state index contributed by atoms with van der Waals surface area (Å²) in [7, 11) is 0. The Labute approximate surface area is 114 Å². The Morgan fingerprint density at radius 3 is 2.85 bits per heavy atom. The second-order valence-electron chi connectivity index (χ2n) is 4.50. The lowest BCUT2D eigenvalue weighted by molar-refractivity contribution is 0.0915. The molecule has 0 saturated heterocycles. The molecule has 0 aromatic carbocycles. The number of carbonyl (C=O) groups is 2. The Hall–Kier alpha value is -2.48. The summed E-state index contributed by atoms with van der Waals surface area (Å²) >= 11 is 0. The minimum absolute atomic E-state index is 0.117. The molecule has 0 spiro atoms. The number of carbonyl (C=O) groups excluding carboxylic acids is 2. The van der Waals surface area contributed by atoms with Gasteiger partial charge in [-0.05, 0) is 19.9 Å². The summed E-state index contributed by atoms with van der Waals surface area (Å²) in [5.74, 6) is -1.08. The molecule has 8 heteroatoms. The van der Waals surface area contributed by atoms with E-state index in [2.05, 4.69) is 15.4 Å². The van der Waals surface area contributed by atoms with Crippen LogP contribution in [-0.4, -0.2) is 44.2 Å². The lowest BCUT2D eigenvalue weighted by Crippen LogP contribution is -2.32. The highest BCUT2D eigenvalue weighted by molar-refractivity contribution is 6.00. The molecule has 4 N–H and O–H groups in total. The van der Waals surface area contributed by atoms with Crippen LogP contribution in [-0.2, 0) is 0 Å². The zero-order valence-electron chi connectivity index (χ0n) is 11.1. The zero-order valence-corrected chi connectivity index (χ0v) is 11.1. The maximum atomic E-state index is 12.1. The van der Waals surface area contributed by atoms with E-state index >= 15 is 0 Å². The predicted octanol–water partition coefficient (Wildman–Crippen LogP) is -0.753. The molecule has 2 heterocycles. The van der Waals surface area contributed by atoms with Gasteiger partial charge in [-0.15, -0.1) is 0 Å². The van der Waals surface area contributed by atoms with Crippen LogP contribution in [0, 0.1) is 6.92 Å². The number of aromatic nitrogens is 3. The van der Waals surface area contributed by atoms with Crippen LogP contribution in [0.15, 0.2) is 12.3 Å². The molecule has 0 unspecified atom stereocenters. The van der Waals surface area contributed by atoms with Crippen molar-refractivity contribution in [3.8, 4) is 0 Å². The van der Waals surface area contributed by atoms with Gasteiger partial charge in [-0.3, -0.25) is 9.59 Å². The fourth-order valence-corrected chi connectivity index (χ4v) is 1.75. The Morgan fingerprint density at radius 2 is 2.25 bits per heavy atom. The van der Waals surface area contributed by atoms with Crippen molar-refractivity contribution in [3.05, 3.63) is 29.2 Å². The number of nitrogens with zero attached hydrogens (tertiary/aromatic N) is 3. The summed E-state index contributed by atoms with van der Waals surface area (Å²) in [6, 6.07) is 1.54. The van der Waals surface area contributed by atoms with Crippen molar-refractivity contribution in [2.24, 2.45) is 5.73 Å². The SMILES string of the molecule is Cc1cc(C(=O)NC[C@@H](C)O)n2ncc(C(N)=O)c2n1. The highest BCUT2D eigenvalue weighted by Gasteiger charge is 2.18. The molecule has 8 nitrogen and oxygen atoms in total. The molecule has 1 atom stereocenters. The molecule has 2 aromatic heterocycles. The number of aliphatic hydroxyl groups is 1. The van der Waals surface area contributed by atoms with E-state index in [0.717, 1.165) is 0 Å². The van der Waals surface area contributed by atoms with Gasteiger partial charge >= 0.3 is 0 Å². The summed E-state index contributed by atoms with van der Waals surface area (Å²) < 4.78 is 1.25. The summed E-state index contributed by atoms with van der Waals surface area (Å²) in [5.41, 5.74) is 6.40. The molecule has 0 saturated carbocycles. The Kier molecular flexibility index (Phi) is 3.66. The maximum Gasteiger partial charge on any atom is 0.270 e. The second kappa shape index (κ2) is 5.25. The maximum absolute atomic E-state index is 12.1. The Morgan fingerprint density at radius 1 is 1.55 bits per heavy atom. The average Bonchev–Trinajstić information content (AvgIpc) is 2.78. The minimum Gasteiger partial charge on any atom is -0.392 e. The summed E-state index contributed by atoms with van der Waals surface area (Å²) in [5, 5.41) is 15.7. The molecule has 2 aromatic rings. The molecule has 20 heavy (non-hydrogen) atoms. The molecule has 0 bridgehead atoms. The van der Waals surface area contributed by atoms with Crippen LogP contribution in [0.25, 0.3) is 5.65 Å². The quantitative estimate of drug-likeness (QED) is 0.678. The third-order valence-corrected chi connectivity index (χ3v) is 2.66. The average molecular weight is 277 g/mol. The van der Waals surface area contributed by atoms with Crippen LogP contribution in [0.4, 0.5) is 0 Å². The second-order valence-corrected chi connectivity index (χ2v) is 4.50. The Bertz CT molecular complexity index is 677. The molecular weight excluding hydrogens is 262 g/mol. The van der Waals surface area contributed by atoms with E-state index in [9.17, 15) is 14.7 Å². The highest BCUT2D eigenvalue weighted by Crippen LogP contribution is 2.12. The minimum atomic E-state index is -0.659. The number of nitrogens with one attached hydrogen (secondary N) is 1. The summed E-state index contributed by atoms with van der Waals surface area (Å²) in [6.45, 7) is 3.38. The lowest BCUT2D eigenvalue weighted by Gasteiger charge is -2.09. The van der Waals surface area contributed by atoms with Crippen LogP contribution < -0.4 is 11.1 Å². The largest absolute Gasteiger partial charge is 0.392 e. The summed E-state index contributed by atoms with van der Waals surface area (Å²) in [4.78, 5) is 27.5. The van der Waals surface area contributed by atoms with Crippen molar-refractivity contribution in [2.45, 2.75) is 20.0 Å². The molecule has 0 aliphatic heterocycles. The first-order chi connectivity index (χ1) is 9.40. The van der Waals surface area contributed by atoms with E-state index in [1.807, 2.05) is 0 Å². The third-order valence-electron chi connectivity index (χ3n) is 2.66. The topological polar surface area (TPSA) is 123 Å². The number of rotatable bonds is 4. The standard InChI is InChI=1S/C12H15N5O3/c1-6-3-9(12(20)14-4-7(2)18)17-11(16-6)8(5-15-17)10(13)19/h3,5,7,18H,4H2,1-2H3,(H2,13,19)(H,14,20)/t7-/m1/s1. The number of nitrogens with two attached hydrogens (primary N) is 1. The number of amides is 2. The van der Waals surface area contributed by atoms with Gasteiger partial charge in [0.2, 0.25) is 0 Å². The molecule has 0 aliphatic carbocycles. The fraction of sp³-hybridized carbons (Fsp3) is 0.333. The van der Waals surface area contributed by atoms with E-state index in [1.165, 1.54) is 10.7 Å². The van der Waals surface area contributed by atoms with Gasteiger partial charge in [-0.25, -0.2) is 9.50 Å². The van der Waals surface area contributed by atoms with Gasteiger partial charge in [0.05, 0.1) is 12.3 Å². The van der Waals surface area contributed by atoms with Crippen LogP contribution in [0.1, 0.15) is 33.5 Å². The number of aliphatic hydroxyl groups excluding tert-OH is 1. The van der Waals surface area contributed by atoms with Crippen molar-refractivity contribution in [3.63, 3.8) is 0 Å². The van der Waals surface area contributed by atoms with Gasteiger partial charge in [0, 0.05) is 12.2 Å². The number of aryl methyl sites for hydroxylation is 1. The van der Waals surface area contributed by atoms with Gasteiger partial charge in [-0.2, -0.15) is 5.10 Å². The number of primary amides is 1. The smallest absolute Gasteiger partial charge is 0.270 e. The monoisotopic (exact) mass is 277 g/mol. The van der Waals surface area contributed by atoms with E-state index in [-0.39, 0.29) is 23.4 Å². The predicted molar refractivity (Wildman–Crippen MR) is 70.3 cm³/mol. The van der Waals surface area contributed by atoms with Crippen LogP contribution in [0.5, 0.6) is 0 Å². The van der Waals surface area contributed by atoms with E-state index in [1.54, 1.807) is 19.9 Å². The first kappa shape index (κ1) is 13.9. The van der Waals surface area contributed by atoms with Crippen LogP contribution >= 0.6 is 0 Å². The number of hydrogen-bond acceptors (Lipinski definition) is 5. The third kappa shape index (κ3) is 2.59. The van der Waals surface area contributed by atoms with Gasteiger partial charge in [0.1, 0.15) is 11.3 Å². The summed E-state index contributed by atoms with van der Waals surface area (Å²) in [6.07, 6.45) is 0.617. The molecule has 0 radical (unpaired) electrons. The Balaban J connectivity index is 2.48. The van der Waals surface area contributed by atoms with Crippen molar-refractivity contribution in [1.82, 2.24) is 19.9 Å². The van der Waals surface area contributed by atoms with E-state index in [4.69, 9.17) is 5.73 Å². The molecule has 0 aliphatic rings. The van der Waals surface area contributed by atoms with Crippen LogP contribution in [0.2, 0.25) is 0 Å². The molecule has 2 rings (SSSR count). The van der Waals surface area contributed by atoms with Crippen molar-refractivity contribution in [1.29, 1.82) is 0 Å². The first-order valence-electron chi connectivity index (χ1n) is 6.01. The van der Waals surface area contributed by atoms with Crippen molar-refractivity contribution in [2.75, 3.05) is 6.54 Å². The number of fused-ring (bicyclic) bond motifs is 1. The van der Waals surface area contributed by atoms with Gasteiger partial charge in [0.15, 0.2) is 5.65 Å². The van der Waals surface area contributed by atoms with E-state index in [0.29, 0.717) is 5.69 Å². The normalized spacial score (nSPS) is 12.3. The lowest BCUT2D eigenvalue weighted by atomic mass is 10.2. The zero-order chi connectivity index (χ0) is 14.9. The first-order valence-corrected chi connectivity index (χ1v) is 6.01. The van der Waals surface area contributed by atoms with Gasteiger partial charge in [-0.1, -0.05) is 0 Å². The van der Waals surface area contributed by atoms with Crippen molar-refractivity contribution < 1.29 is 14.7 Å². The fourth-order valence-electron chi connectivity index (χ4n) is 1.75. The molecule has 106 valence electrons. The highest BCUT2D eigenvalue weighted by atomic mass is 16.3. The van der Waals surface area contributed by atoms with Gasteiger partial charge in [0.25, 0.3) is 11.8 Å². The number of hydrogen-bond donors (Lipinski definition) is 3. The van der Waals surface area contributed by atoms with Crippen LogP contribution in [0.3, 0.4) is 0 Å². The molecule has 0 fully saturated rings. The van der Waals surface area contributed by atoms with Gasteiger partial charge < -0.3 is 16.2 Å².